The number of aliphatic carboxylic acids is 1. The van der Waals surface area contributed by atoms with E-state index in [0.717, 1.165) is 10.6 Å². The van der Waals surface area contributed by atoms with Crippen LogP contribution < -0.4 is 5.32 Å². The molecule has 3 heterocycles. The highest BCUT2D eigenvalue weighted by molar-refractivity contribution is 7.99. The van der Waals surface area contributed by atoms with Crippen LogP contribution in [0.15, 0.2) is 22.8 Å². The number of furan rings is 1. The van der Waals surface area contributed by atoms with E-state index in [0.29, 0.717) is 22.9 Å². The van der Waals surface area contributed by atoms with E-state index >= 15 is 0 Å². The summed E-state index contributed by atoms with van der Waals surface area (Å²) in [5.74, 6) is 0.251. The molecule has 1 atom stereocenters. The minimum Gasteiger partial charge on any atom is -0.479 e. The molecule has 3 rings (SSSR count). The molecule has 0 bridgehead atoms. The van der Waals surface area contributed by atoms with Crippen LogP contribution in [0.4, 0.5) is 0 Å². The van der Waals surface area contributed by atoms with Crippen molar-refractivity contribution >= 4 is 35.0 Å². The van der Waals surface area contributed by atoms with Gasteiger partial charge in [0.25, 0.3) is 5.91 Å². The van der Waals surface area contributed by atoms with Gasteiger partial charge in [0.2, 0.25) is 0 Å². The number of aryl methyl sites for hydroxylation is 1. The number of hydrogen-bond donors (Lipinski definition) is 2. The van der Waals surface area contributed by atoms with Crippen molar-refractivity contribution in [1.82, 2.24) is 10.3 Å². The van der Waals surface area contributed by atoms with Crippen molar-refractivity contribution in [3.8, 4) is 10.8 Å². The molecule has 2 N–H and O–H groups in total. The van der Waals surface area contributed by atoms with E-state index in [1.165, 1.54) is 23.1 Å². The van der Waals surface area contributed by atoms with Crippen LogP contribution in [0, 0.1) is 6.92 Å². The second-order valence-electron chi connectivity index (χ2n) is 5.05. The second-order valence-corrected chi connectivity index (χ2v) is 7.35. The summed E-state index contributed by atoms with van der Waals surface area (Å²) in [7, 11) is 0. The fraction of sp³-hybridized carbons (Fsp3) is 0.357. The molecule has 0 aromatic carbocycles. The Kier molecular flexibility index (Phi) is 3.96. The average Bonchev–Trinajstić information content (AvgIpc) is 3.17. The summed E-state index contributed by atoms with van der Waals surface area (Å²) >= 11 is 2.87. The number of carbonyl (C=O) groups is 2. The predicted octanol–water partition coefficient (Wildman–Crippen LogP) is 2.40. The molecule has 22 heavy (non-hydrogen) atoms. The lowest BCUT2D eigenvalue weighted by molar-refractivity contribution is -0.143. The van der Waals surface area contributed by atoms with Crippen LogP contribution in [-0.4, -0.2) is 39.0 Å². The van der Waals surface area contributed by atoms with E-state index in [-0.39, 0.29) is 5.69 Å². The lowest BCUT2D eigenvalue weighted by Crippen LogP contribution is -2.54. The van der Waals surface area contributed by atoms with Gasteiger partial charge in [0, 0.05) is 10.6 Å². The zero-order chi connectivity index (χ0) is 15.7. The Morgan fingerprint density at radius 3 is 2.91 bits per heavy atom. The Bertz CT molecular complexity index is 703. The van der Waals surface area contributed by atoms with Gasteiger partial charge in [-0.25, -0.2) is 9.78 Å². The van der Waals surface area contributed by atoms with Gasteiger partial charge in [0.15, 0.2) is 10.8 Å². The standard InChI is InChI=1S/C14H14N2O4S2/c1-8-10(15-12(22-8)9-3-2-5-20-9)11(17)16-14(13(18)19)4-6-21-7-14/h2-3,5H,4,6-7H2,1H3,(H,16,17)(H,18,19)/t14-/m1/s1. The van der Waals surface area contributed by atoms with Crippen molar-refractivity contribution in [2.75, 3.05) is 11.5 Å². The molecule has 0 aliphatic carbocycles. The van der Waals surface area contributed by atoms with Crippen molar-refractivity contribution in [3.63, 3.8) is 0 Å². The zero-order valence-electron chi connectivity index (χ0n) is 11.8. The second kappa shape index (κ2) is 5.77. The minimum atomic E-state index is -1.19. The molecule has 0 radical (unpaired) electrons. The Hall–Kier alpha value is -1.80. The Morgan fingerprint density at radius 2 is 2.32 bits per heavy atom. The van der Waals surface area contributed by atoms with Gasteiger partial charge in [-0.05, 0) is 31.2 Å². The topological polar surface area (TPSA) is 92.4 Å². The molecule has 0 spiro atoms. The Morgan fingerprint density at radius 1 is 1.50 bits per heavy atom. The molecular weight excluding hydrogens is 324 g/mol. The van der Waals surface area contributed by atoms with Crippen LogP contribution in [0.5, 0.6) is 0 Å². The number of rotatable bonds is 4. The van der Waals surface area contributed by atoms with Gasteiger partial charge >= 0.3 is 5.97 Å². The number of carboxylic acids is 1. The molecule has 1 aliphatic rings. The molecular formula is C14H14N2O4S2. The highest BCUT2D eigenvalue weighted by Crippen LogP contribution is 2.31. The Balaban J connectivity index is 1.85. The highest BCUT2D eigenvalue weighted by atomic mass is 32.2. The summed E-state index contributed by atoms with van der Waals surface area (Å²) in [6.07, 6.45) is 1.97. The normalized spacial score (nSPS) is 21.0. The number of nitrogens with zero attached hydrogens (tertiary/aromatic N) is 1. The molecule has 1 amide bonds. The van der Waals surface area contributed by atoms with Gasteiger partial charge in [-0.2, -0.15) is 11.8 Å². The van der Waals surface area contributed by atoms with Gasteiger partial charge in [-0.3, -0.25) is 4.79 Å². The first-order chi connectivity index (χ1) is 10.5. The summed E-state index contributed by atoms with van der Waals surface area (Å²) in [4.78, 5) is 29.0. The minimum absolute atomic E-state index is 0.258. The number of thiazole rings is 1. The van der Waals surface area contributed by atoms with E-state index < -0.39 is 17.4 Å². The number of nitrogens with one attached hydrogen (secondary N) is 1. The molecule has 116 valence electrons. The van der Waals surface area contributed by atoms with Crippen molar-refractivity contribution in [1.29, 1.82) is 0 Å². The molecule has 1 fully saturated rings. The predicted molar refractivity (Wildman–Crippen MR) is 84.3 cm³/mol. The van der Waals surface area contributed by atoms with Crippen LogP contribution >= 0.6 is 23.1 Å². The van der Waals surface area contributed by atoms with Crippen LogP contribution in [0.25, 0.3) is 10.8 Å². The van der Waals surface area contributed by atoms with Crippen molar-refractivity contribution in [2.24, 2.45) is 0 Å². The third-order valence-corrected chi connectivity index (χ3v) is 5.70. The Labute approximate surface area is 134 Å². The first-order valence-electron chi connectivity index (χ1n) is 6.67. The fourth-order valence-electron chi connectivity index (χ4n) is 2.27. The summed E-state index contributed by atoms with van der Waals surface area (Å²) in [5.41, 5.74) is -0.934. The molecule has 1 aliphatic heterocycles. The third kappa shape index (κ3) is 2.64. The van der Waals surface area contributed by atoms with Crippen LogP contribution in [0.1, 0.15) is 21.8 Å². The molecule has 2 aromatic rings. The summed E-state index contributed by atoms with van der Waals surface area (Å²) in [5, 5.41) is 12.7. The van der Waals surface area contributed by atoms with Crippen molar-refractivity contribution in [2.45, 2.75) is 18.9 Å². The van der Waals surface area contributed by atoms with Gasteiger partial charge in [-0.1, -0.05) is 0 Å². The first kappa shape index (κ1) is 15.1. The summed E-state index contributed by atoms with van der Waals surface area (Å²) in [6.45, 7) is 1.79. The van der Waals surface area contributed by atoms with Gasteiger partial charge in [0.1, 0.15) is 11.2 Å². The summed E-state index contributed by atoms with van der Waals surface area (Å²) in [6, 6.07) is 3.52. The smallest absolute Gasteiger partial charge is 0.330 e. The van der Waals surface area contributed by atoms with E-state index in [1.807, 2.05) is 0 Å². The van der Waals surface area contributed by atoms with E-state index in [2.05, 4.69) is 10.3 Å². The molecule has 1 saturated heterocycles. The monoisotopic (exact) mass is 338 g/mol. The van der Waals surface area contributed by atoms with Crippen LogP contribution in [-0.2, 0) is 4.79 Å². The number of amides is 1. The van der Waals surface area contributed by atoms with Crippen LogP contribution in [0.3, 0.4) is 0 Å². The largest absolute Gasteiger partial charge is 0.479 e. The first-order valence-corrected chi connectivity index (χ1v) is 8.64. The molecule has 8 heteroatoms. The zero-order valence-corrected chi connectivity index (χ0v) is 13.4. The number of aromatic nitrogens is 1. The maximum absolute atomic E-state index is 12.4. The fourth-order valence-corrected chi connectivity index (χ4v) is 4.48. The van der Waals surface area contributed by atoms with Crippen LogP contribution in [0.2, 0.25) is 0 Å². The van der Waals surface area contributed by atoms with E-state index in [4.69, 9.17) is 4.42 Å². The number of carboxylic acid groups (broad SMARTS) is 1. The lowest BCUT2D eigenvalue weighted by Gasteiger charge is -2.24. The van der Waals surface area contributed by atoms with Gasteiger partial charge < -0.3 is 14.8 Å². The highest BCUT2D eigenvalue weighted by Gasteiger charge is 2.43. The average molecular weight is 338 g/mol. The van der Waals surface area contributed by atoms with Gasteiger partial charge in [-0.15, -0.1) is 11.3 Å². The molecule has 2 aromatic heterocycles. The maximum atomic E-state index is 12.4. The number of carbonyl (C=O) groups excluding carboxylic acids is 1. The summed E-state index contributed by atoms with van der Waals surface area (Å²) < 4.78 is 5.28. The van der Waals surface area contributed by atoms with E-state index in [9.17, 15) is 14.7 Å². The molecule has 0 unspecified atom stereocenters. The van der Waals surface area contributed by atoms with E-state index in [1.54, 1.807) is 25.3 Å². The quantitative estimate of drug-likeness (QED) is 0.889. The SMILES string of the molecule is Cc1sc(-c2ccco2)nc1C(=O)N[C@]1(C(=O)O)CCSC1. The molecule has 0 saturated carbocycles. The lowest BCUT2D eigenvalue weighted by atomic mass is 9.99. The molecule has 6 nitrogen and oxygen atoms in total. The van der Waals surface area contributed by atoms with Crippen molar-refractivity contribution < 1.29 is 19.1 Å². The van der Waals surface area contributed by atoms with Crippen molar-refractivity contribution in [3.05, 3.63) is 29.0 Å². The third-order valence-electron chi connectivity index (χ3n) is 3.53. The number of hydrogen-bond acceptors (Lipinski definition) is 6. The van der Waals surface area contributed by atoms with Gasteiger partial charge in [0.05, 0.1) is 6.26 Å². The maximum Gasteiger partial charge on any atom is 0.330 e. The number of thioether (sulfide) groups is 1.